The Hall–Kier alpha value is -2.23. The second kappa shape index (κ2) is 8.72. The van der Waals surface area contributed by atoms with Crippen LogP contribution < -0.4 is 10.5 Å². The third kappa shape index (κ3) is 4.14. The van der Waals surface area contributed by atoms with Crippen molar-refractivity contribution in [3.8, 4) is 0 Å². The number of amides is 1. The first-order valence-electron chi connectivity index (χ1n) is 10.5. The number of nitrogens with zero attached hydrogens (tertiary/aromatic N) is 4. The van der Waals surface area contributed by atoms with E-state index in [2.05, 4.69) is 4.90 Å². The minimum atomic E-state index is -0.207. The van der Waals surface area contributed by atoms with Crippen molar-refractivity contribution in [3.05, 3.63) is 45.2 Å². The summed E-state index contributed by atoms with van der Waals surface area (Å²) in [5.41, 5.74) is 0.759. The maximum absolute atomic E-state index is 13.5. The molecule has 0 N–H and O–H groups in total. The number of carbonyl (C=O) groups is 1. The Morgan fingerprint density at radius 2 is 2.00 bits per heavy atom. The van der Waals surface area contributed by atoms with E-state index >= 15 is 0 Å². The lowest BCUT2D eigenvalue weighted by atomic mass is 10.1. The Morgan fingerprint density at radius 3 is 2.68 bits per heavy atom. The first kappa shape index (κ1) is 22.0. The number of ether oxygens (including phenoxy) is 1. The molecule has 0 aliphatic carbocycles. The third-order valence-electron chi connectivity index (χ3n) is 5.60. The van der Waals surface area contributed by atoms with Gasteiger partial charge >= 0.3 is 0 Å². The second-order valence-electron chi connectivity index (χ2n) is 8.05. The van der Waals surface area contributed by atoms with Crippen LogP contribution in [0.1, 0.15) is 39.7 Å². The van der Waals surface area contributed by atoms with Crippen LogP contribution in [0.3, 0.4) is 0 Å². The molecule has 164 valence electrons. The van der Waals surface area contributed by atoms with Crippen molar-refractivity contribution < 1.29 is 9.53 Å². The number of fused-ring (bicyclic) bond motifs is 1. The van der Waals surface area contributed by atoms with Crippen LogP contribution in [0.5, 0.6) is 0 Å². The number of hydrogen-bond donors (Lipinski definition) is 0. The summed E-state index contributed by atoms with van der Waals surface area (Å²) < 4.78 is 7.90. The summed E-state index contributed by atoms with van der Waals surface area (Å²) in [6.45, 7) is 9.25. The summed E-state index contributed by atoms with van der Waals surface area (Å²) in [6.07, 6.45) is 4.18. The van der Waals surface area contributed by atoms with Crippen molar-refractivity contribution in [2.24, 2.45) is 0 Å². The largest absolute Gasteiger partial charge is 0.372 e. The molecule has 7 nitrogen and oxygen atoms in total. The number of morpholine rings is 1. The molecule has 0 saturated carbocycles. The fourth-order valence-corrected chi connectivity index (χ4v) is 5.43. The quantitative estimate of drug-likeness (QED) is 0.514. The van der Waals surface area contributed by atoms with Gasteiger partial charge in [0.15, 0.2) is 0 Å². The number of thioether (sulfide) groups is 1. The Bertz CT molecular complexity index is 1120. The number of hydrogen-bond acceptors (Lipinski definition) is 7. The van der Waals surface area contributed by atoms with E-state index in [4.69, 9.17) is 21.9 Å². The van der Waals surface area contributed by atoms with Crippen LogP contribution >= 0.6 is 24.0 Å². The summed E-state index contributed by atoms with van der Waals surface area (Å²) in [5, 5.41) is 0. The van der Waals surface area contributed by atoms with E-state index in [0.29, 0.717) is 39.3 Å². The van der Waals surface area contributed by atoms with Gasteiger partial charge in [0.25, 0.3) is 11.5 Å². The molecule has 1 amide bonds. The third-order valence-corrected chi connectivity index (χ3v) is 6.93. The molecule has 2 saturated heterocycles. The van der Waals surface area contributed by atoms with Crippen LogP contribution in [-0.2, 0) is 9.53 Å². The summed E-state index contributed by atoms with van der Waals surface area (Å²) in [5.74, 6) is 0.420. The standard InChI is InChI=1S/C22H26N4O3S2/c1-5-13(2)26-21(28)17(31-22(26)30)10-16-19(24-11-14(3)29-15(4)12-24)23-18-8-6-7-9-25(18)20(16)27/h6-10,13-15H,5,11-12H2,1-4H3/b17-10+. The maximum atomic E-state index is 13.5. The van der Waals surface area contributed by atoms with E-state index < -0.39 is 0 Å². The van der Waals surface area contributed by atoms with Gasteiger partial charge in [-0.2, -0.15) is 0 Å². The van der Waals surface area contributed by atoms with Gasteiger partial charge in [-0.1, -0.05) is 37.0 Å². The zero-order valence-corrected chi connectivity index (χ0v) is 19.7. The van der Waals surface area contributed by atoms with Crippen molar-refractivity contribution in [3.63, 3.8) is 0 Å². The summed E-state index contributed by atoms with van der Waals surface area (Å²) in [4.78, 5) is 35.5. The molecule has 2 aromatic heterocycles. The van der Waals surface area contributed by atoms with E-state index in [1.54, 1.807) is 23.2 Å². The molecular weight excluding hydrogens is 432 g/mol. The van der Waals surface area contributed by atoms with E-state index in [0.717, 1.165) is 6.42 Å². The van der Waals surface area contributed by atoms with Gasteiger partial charge in [-0.05, 0) is 45.4 Å². The normalized spacial score (nSPS) is 24.5. The van der Waals surface area contributed by atoms with Crippen molar-refractivity contribution in [1.82, 2.24) is 14.3 Å². The predicted octanol–water partition coefficient (Wildman–Crippen LogP) is 3.31. The molecule has 2 aromatic rings. The highest BCUT2D eigenvalue weighted by Gasteiger charge is 2.35. The Morgan fingerprint density at radius 1 is 1.29 bits per heavy atom. The molecular formula is C22H26N4O3S2. The lowest BCUT2D eigenvalue weighted by molar-refractivity contribution is -0.123. The van der Waals surface area contributed by atoms with Crippen molar-refractivity contribution >= 4 is 51.7 Å². The zero-order chi connectivity index (χ0) is 22.3. The molecule has 3 unspecified atom stereocenters. The first-order chi connectivity index (χ1) is 14.8. The molecule has 2 aliphatic heterocycles. The van der Waals surface area contributed by atoms with Gasteiger partial charge in [0, 0.05) is 25.3 Å². The minimum absolute atomic E-state index is 0.00892. The Balaban J connectivity index is 1.86. The molecule has 31 heavy (non-hydrogen) atoms. The van der Waals surface area contributed by atoms with Crippen molar-refractivity contribution in [1.29, 1.82) is 0 Å². The van der Waals surface area contributed by atoms with Gasteiger partial charge in [0.1, 0.15) is 15.8 Å². The van der Waals surface area contributed by atoms with Crippen LogP contribution in [0.4, 0.5) is 5.82 Å². The molecule has 0 radical (unpaired) electrons. The van der Waals surface area contributed by atoms with Gasteiger partial charge in [-0.25, -0.2) is 4.98 Å². The topological polar surface area (TPSA) is 67.2 Å². The van der Waals surface area contributed by atoms with Gasteiger partial charge in [0.2, 0.25) is 0 Å². The summed E-state index contributed by atoms with van der Waals surface area (Å²) in [7, 11) is 0. The fourth-order valence-electron chi connectivity index (χ4n) is 3.98. The van der Waals surface area contributed by atoms with Crippen LogP contribution in [-0.4, -0.2) is 55.9 Å². The molecule has 2 aliphatic rings. The number of aromatic nitrogens is 2. The number of rotatable bonds is 4. The molecule has 4 rings (SSSR count). The molecule has 4 heterocycles. The van der Waals surface area contributed by atoms with E-state index in [1.807, 2.05) is 39.8 Å². The van der Waals surface area contributed by atoms with Gasteiger partial charge in [-0.3, -0.25) is 18.9 Å². The molecule has 0 aromatic carbocycles. The molecule has 3 atom stereocenters. The minimum Gasteiger partial charge on any atom is -0.372 e. The summed E-state index contributed by atoms with van der Waals surface area (Å²) in [6, 6.07) is 5.47. The monoisotopic (exact) mass is 458 g/mol. The number of thiocarbonyl (C=S) groups is 1. The highest BCUT2D eigenvalue weighted by Crippen LogP contribution is 2.35. The molecule has 2 fully saturated rings. The van der Waals surface area contributed by atoms with E-state index in [9.17, 15) is 9.59 Å². The average Bonchev–Trinajstić information content (AvgIpc) is 3.01. The lowest BCUT2D eigenvalue weighted by Gasteiger charge is -2.36. The van der Waals surface area contributed by atoms with Crippen LogP contribution in [0.25, 0.3) is 11.7 Å². The molecule has 0 spiro atoms. The Labute approximate surface area is 191 Å². The predicted molar refractivity (Wildman–Crippen MR) is 128 cm³/mol. The number of carbonyl (C=O) groups excluding carboxylic acids is 1. The lowest BCUT2D eigenvalue weighted by Crippen LogP contribution is -2.46. The van der Waals surface area contributed by atoms with Gasteiger partial charge in [-0.15, -0.1) is 0 Å². The first-order valence-corrected chi connectivity index (χ1v) is 11.7. The van der Waals surface area contributed by atoms with Crippen LogP contribution in [0.2, 0.25) is 0 Å². The smallest absolute Gasteiger partial charge is 0.267 e. The highest BCUT2D eigenvalue weighted by atomic mass is 32.2. The number of pyridine rings is 1. The molecule has 0 bridgehead atoms. The van der Waals surface area contributed by atoms with Crippen molar-refractivity contribution in [2.45, 2.75) is 52.4 Å². The highest BCUT2D eigenvalue weighted by molar-refractivity contribution is 8.26. The zero-order valence-electron chi connectivity index (χ0n) is 18.1. The second-order valence-corrected chi connectivity index (χ2v) is 9.73. The van der Waals surface area contributed by atoms with Crippen LogP contribution in [0, 0.1) is 0 Å². The van der Waals surface area contributed by atoms with Crippen LogP contribution in [0.15, 0.2) is 34.1 Å². The van der Waals surface area contributed by atoms with Gasteiger partial charge < -0.3 is 9.64 Å². The molecule has 9 heteroatoms. The fraction of sp³-hybridized carbons (Fsp3) is 0.455. The SMILES string of the molecule is CCC(C)N1C(=O)/C(=C\c2c(N3CC(C)OC(C)C3)nc3ccccn3c2=O)SC1=S. The summed E-state index contributed by atoms with van der Waals surface area (Å²) >= 11 is 6.69. The van der Waals surface area contributed by atoms with E-state index in [-0.39, 0.29) is 29.7 Å². The van der Waals surface area contributed by atoms with Crippen molar-refractivity contribution in [2.75, 3.05) is 18.0 Å². The Kier molecular flexibility index (Phi) is 6.18. The van der Waals surface area contributed by atoms with E-state index in [1.165, 1.54) is 16.2 Å². The maximum Gasteiger partial charge on any atom is 0.267 e. The number of anilines is 1. The average molecular weight is 459 g/mol. The van der Waals surface area contributed by atoms with Gasteiger partial charge in [0.05, 0.1) is 22.7 Å².